The van der Waals surface area contributed by atoms with Crippen molar-refractivity contribution in [2.24, 2.45) is 0 Å². The number of benzene rings is 4. The van der Waals surface area contributed by atoms with E-state index in [1.807, 2.05) is 0 Å². The molecular formula is C31H23ClFN3O5S. The summed E-state index contributed by atoms with van der Waals surface area (Å²) in [6.07, 6.45) is 1.44. The molecule has 0 aromatic heterocycles. The first-order valence-electron chi connectivity index (χ1n) is 12.4. The Hall–Kier alpha value is -4.93. The minimum atomic E-state index is -1.20. The summed E-state index contributed by atoms with van der Waals surface area (Å²) in [4.78, 5) is 50.2. The lowest BCUT2D eigenvalue weighted by molar-refractivity contribution is -0.114. The molecule has 0 bridgehead atoms. The number of carbonyl (C=O) groups is 4. The number of carboxylic acid groups (broad SMARTS) is 1. The molecule has 0 heterocycles. The molecule has 212 valence electrons. The van der Waals surface area contributed by atoms with Gasteiger partial charge in [-0.25, -0.2) is 9.18 Å². The minimum absolute atomic E-state index is 0.0427. The first-order chi connectivity index (χ1) is 20.2. The Morgan fingerprint density at radius 2 is 1.50 bits per heavy atom. The maximum atomic E-state index is 13.4. The Morgan fingerprint density at radius 3 is 2.17 bits per heavy atom. The predicted octanol–water partition coefficient (Wildman–Crippen LogP) is 6.32. The van der Waals surface area contributed by atoms with Gasteiger partial charge in [-0.1, -0.05) is 41.9 Å². The van der Waals surface area contributed by atoms with Crippen LogP contribution in [0.3, 0.4) is 0 Å². The Bertz CT molecular complexity index is 1650. The van der Waals surface area contributed by atoms with E-state index in [4.69, 9.17) is 11.6 Å². The van der Waals surface area contributed by atoms with Gasteiger partial charge in [0.25, 0.3) is 11.8 Å². The predicted molar refractivity (Wildman–Crippen MR) is 161 cm³/mol. The van der Waals surface area contributed by atoms with Crippen LogP contribution in [0.2, 0.25) is 5.02 Å². The molecular weight excluding hydrogens is 581 g/mol. The third-order valence-corrected chi connectivity index (χ3v) is 7.01. The SMILES string of the molecule is O=C(CSc1ccc(NC(=O)/C(=C/c2ccc(F)cc2)NC(=O)c2ccccc2)cc1)Nc1ccc(Cl)c(C(=O)O)c1. The van der Waals surface area contributed by atoms with E-state index < -0.39 is 23.6 Å². The molecule has 0 saturated heterocycles. The highest BCUT2D eigenvalue weighted by molar-refractivity contribution is 8.00. The average Bonchev–Trinajstić information content (AvgIpc) is 2.98. The molecule has 11 heteroatoms. The number of hydrogen-bond donors (Lipinski definition) is 4. The quantitative estimate of drug-likeness (QED) is 0.124. The standard InChI is InChI=1S/C31H23ClFN3O5S/c32-26-15-12-23(17-25(26)31(40)41)34-28(37)18-42-24-13-10-22(11-14-24)35-30(39)27(16-19-6-8-21(33)9-7-19)36-29(38)20-4-2-1-3-5-20/h1-17H,18H2,(H,34,37)(H,35,39)(H,36,38)(H,40,41)/b27-16-. The van der Waals surface area contributed by atoms with Gasteiger partial charge in [0.1, 0.15) is 11.5 Å². The van der Waals surface area contributed by atoms with Gasteiger partial charge in [0, 0.05) is 21.8 Å². The summed E-state index contributed by atoms with van der Waals surface area (Å²) in [6, 6.07) is 24.8. The van der Waals surface area contributed by atoms with Crippen molar-refractivity contribution in [1.82, 2.24) is 5.32 Å². The molecule has 0 atom stereocenters. The summed E-state index contributed by atoms with van der Waals surface area (Å²) >= 11 is 7.10. The summed E-state index contributed by atoms with van der Waals surface area (Å²) in [7, 11) is 0. The van der Waals surface area contributed by atoms with Crippen LogP contribution in [0.1, 0.15) is 26.3 Å². The minimum Gasteiger partial charge on any atom is -0.478 e. The van der Waals surface area contributed by atoms with Crippen molar-refractivity contribution >= 4 is 64.5 Å². The number of rotatable bonds is 10. The van der Waals surface area contributed by atoms with Crippen LogP contribution in [-0.4, -0.2) is 34.6 Å². The van der Waals surface area contributed by atoms with Crippen LogP contribution >= 0.6 is 23.4 Å². The lowest BCUT2D eigenvalue weighted by atomic mass is 10.1. The molecule has 0 fully saturated rings. The van der Waals surface area contributed by atoms with Crippen LogP contribution < -0.4 is 16.0 Å². The fourth-order valence-corrected chi connectivity index (χ4v) is 4.51. The second-order valence-corrected chi connectivity index (χ2v) is 10.2. The summed E-state index contributed by atoms with van der Waals surface area (Å²) < 4.78 is 13.4. The van der Waals surface area contributed by atoms with Gasteiger partial charge in [-0.3, -0.25) is 14.4 Å². The molecule has 0 aliphatic carbocycles. The van der Waals surface area contributed by atoms with Crippen LogP contribution in [0.5, 0.6) is 0 Å². The van der Waals surface area contributed by atoms with E-state index in [0.717, 1.165) is 4.90 Å². The fraction of sp³-hybridized carbons (Fsp3) is 0.0323. The average molecular weight is 604 g/mol. The molecule has 4 aromatic carbocycles. The molecule has 4 N–H and O–H groups in total. The Balaban J connectivity index is 1.39. The summed E-state index contributed by atoms with van der Waals surface area (Å²) in [5.74, 6) is -3.00. The lowest BCUT2D eigenvalue weighted by Crippen LogP contribution is -2.30. The Kier molecular flexibility index (Phi) is 10.1. The van der Waals surface area contributed by atoms with Crippen molar-refractivity contribution in [2.75, 3.05) is 16.4 Å². The Labute approximate surface area is 249 Å². The van der Waals surface area contributed by atoms with Gasteiger partial charge in [0.05, 0.1) is 16.3 Å². The summed E-state index contributed by atoms with van der Waals surface area (Å²) in [5.41, 5.74) is 1.46. The van der Waals surface area contributed by atoms with Gasteiger partial charge in [-0.2, -0.15) is 0 Å². The molecule has 0 aliphatic heterocycles. The van der Waals surface area contributed by atoms with Crippen LogP contribution in [0, 0.1) is 5.82 Å². The molecule has 0 aliphatic rings. The molecule has 8 nitrogen and oxygen atoms in total. The number of thioether (sulfide) groups is 1. The summed E-state index contributed by atoms with van der Waals surface area (Å²) in [6.45, 7) is 0. The largest absolute Gasteiger partial charge is 0.478 e. The second-order valence-electron chi connectivity index (χ2n) is 8.74. The Morgan fingerprint density at radius 1 is 0.833 bits per heavy atom. The van der Waals surface area contributed by atoms with E-state index in [9.17, 15) is 28.7 Å². The van der Waals surface area contributed by atoms with E-state index in [0.29, 0.717) is 22.5 Å². The second kappa shape index (κ2) is 14.1. The molecule has 3 amide bonds. The normalized spacial score (nSPS) is 11.0. The van der Waals surface area contributed by atoms with E-state index in [-0.39, 0.29) is 27.9 Å². The summed E-state index contributed by atoms with van der Waals surface area (Å²) in [5, 5.41) is 17.2. The smallest absolute Gasteiger partial charge is 0.337 e. The van der Waals surface area contributed by atoms with Crippen molar-refractivity contribution in [3.05, 3.63) is 130 Å². The third-order valence-electron chi connectivity index (χ3n) is 5.67. The highest BCUT2D eigenvalue weighted by Gasteiger charge is 2.16. The van der Waals surface area contributed by atoms with Crippen LogP contribution in [0.4, 0.5) is 15.8 Å². The first-order valence-corrected chi connectivity index (χ1v) is 13.7. The van der Waals surface area contributed by atoms with Crippen molar-refractivity contribution in [3.63, 3.8) is 0 Å². The maximum absolute atomic E-state index is 13.4. The van der Waals surface area contributed by atoms with Crippen LogP contribution in [0.15, 0.2) is 108 Å². The fourth-order valence-electron chi connectivity index (χ4n) is 3.61. The lowest BCUT2D eigenvalue weighted by Gasteiger charge is -2.12. The topological polar surface area (TPSA) is 125 Å². The first kappa shape index (κ1) is 30.0. The van der Waals surface area contributed by atoms with Crippen molar-refractivity contribution < 1.29 is 28.7 Å². The van der Waals surface area contributed by atoms with Gasteiger partial charge < -0.3 is 21.1 Å². The zero-order chi connectivity index (χ0) is 30.1. The molecule has 4 aromatic rings. The van der Waals surface area contributed by atoms with Gasteiger partial charge in [-0.15, -0.1) is 11.8 Å². The number of amides is 3. The number of aromatic carboxylic acids is 1. The molecule has 0 radical (unpaired) electrons. The number of nitrogens with one attached hydrogen (secondary N) is 3. The van der Waals surface area contributed by atoms with Crippen molar-refractivity contribution in [2.45, 2.75) is 4.90 Å². The monoisotopic (exact) mass is 603 g/mol. The highest BCUT2D eigenvalue weighted by atomic mass is 35.5. The number of anilines is 2. The zero-order valence-corrected chi connectivity index (χ0v) is 23.3. The van der Waals surface area contributed by atoms with Crippen molar-refractivity contribution in [1.29, 1.82) is 0 Å². The van der Waals surface area contributed by atoms with Gasteiger partial charge in [-0.05, 0) is 78.4 Å². The van der Waals surface area contributed by atoms with E-state index in [1.165, 1.54) is 60.3 Å². The zero-order valence-electron chi connectivity index (χ0n) is 21.8. The van der Waals surface area contributed by atoms with Crippen LogP contribution in [-0.2, 0) is 9.59 Å². The highest BCUT2D eigenvalue weighted by Crippen LogP contribution is 2.23. The molecule has 42 heavy (non-hydrogen) atoms. The van der Waals surface area contributed by atoms with Gasteiger partial charge in [0.15, 0.2) is 0 Å². The van der Waals surface area contributed by atoms with Crippen molar-refractivity contribution in [3.8, 4) is 0 Å². The molecule has 0 saturated carbocycles. The number of carboxylic acids is 1. The van der Waals surface area contributed by atoms with E-state index in [1.54, 1.807) is 54.6 Å². The van der Waals surface area contributed by atoms with E-state index in [2.05, 4.69) is 16.0 Å². The number of carbonyl (C=O) groups excluding carboxylic acids is 3. The number of hydrogen-bond acceptors (Lipinski definition) is 5. The maximum Gasteiger partial charge on any atom is 0.337 e. The van der Waals surface area contributed by atoms with Crippen LogP contribution in [0.25, 0.3) is 6.08 Å². The van der Waals surface area contributed by atoms with Gasteiger partial charge in [0.2, 0.25) is 5.91 Å². The number of halogens is 2. The molecule has 4 rings (SSSR count). The van der Waals surface area contributed by atoms with Gasteiger partial charge >= 0.3 is 5.97 Å². The molecule has 0 spiro atoms. The molecule has 0 unspecified atom stereocenters. The third kappa shape index (κ3) is 8.53. The van der Waals surface area contributed by atoms with E-state index >= 15 is 0 Å².